The predicted octanol–water partition coefficient (Wildman–Crippen LogP) is 4.11. The highest BCUT2D eigenvalue weighted by Gasteiger charge is 2.10. The van der Waals surface area contributed by atoms with Gasteiger partial charge in [0.25, 0.3) is 0 Å². The standard InChI is InChI=1S/C19H19FN4O2S/c1-3-17-22-23-19(27)24(17)21-11-14-5-4-6-16(25-2)18(14)26-12-13-7-9-15(20)10-8-13/h4-11H,3,12H2,1-2H3,(H,23,27)/b21-11-. The molecule has 1 heterocycles. The van der Waals surface area contributed by atoms with Crippen LogP contribution >= 0.6 is 12.2 Å². The number of aromatic nitrogens is 3. The fourth-order valence-corrected chi connectivity index (χ4v) is 2.68. The van der Waals surface area contributed by atoms with Gasteiger partial charge in [0.1, 0.15) is 12.4 Å². The third kappa shape index (κ3) is 4.40. The highest BCUT2D eigenvalue weighted by atomic mass is 32.1. The average Bonchev–Trinajstić information content (AvgIpc) is 3.05. The van der Waals surface area contributed by atoms with Crippen LogP contribution in [0.25, 0.3) is 0 Å². The van der Waals surface area contributed by atoms with E-state index in [9.17, 15) is 4.39 Å². The molecule has 0 amide bonds. The van der Waals surface area contributed by atoms with Gasteiger partial charge in [-0.1, -0.05) is 25.1 Å². The highest BCUT2D eigenvalue weighted by molar-refractivity contribution is 7.71. The summed E-state index contributed by atoms with van der Waals surface area (Å²) in [5, 5.41) is 11.3. The minimum atomic E-state index is -0.285. The third-order valence-electron chi connectivity index (χ3n) is 3.87. The van der Waals surface area contributed by atoms with Crippen molar-refractivity contribution in [2.24, 2.45) is 5.10 Å². The van der Waals surface area contributed by atoms with Gasteiger partial charge in [0, 0.05) is 12.0 Å². The Morgan fingerprint density at radius 2 is 2.04 bits per heavy atom. The number of halogens is 1. The van der Waals surface area contributed by atoms with Crippen molar-refractivity contribution in [3.05, 3.63) is 70.0 Å². The number of methoxy groups -OCH3 is 1. The van der Waals surface area contributed by atoms with Crippen LogP contribution in [0.3, 0.4) is 0 Å². The molecule has 1 N–H and O–H groups in total. The topological polar surface area (TPSA) is 64.4 Å². The fourth-order valence-electron chi connectivity index (χ4n) is 2.48. The second kappa shape index (κ2) is 8.59. The van der Waals surface area contributed by atoms with Crippen LogP contribution in [0.1, 0.15) is 23.9 Å². The second-order valence-corrected chi connectivity index (χ2v) is 6.04. The minimum absolute atomic E-state index is 0.271. The van der Waals surface area contributed by atoms with Gasteiger partial charge >= 0.3 is 0 Å². The molecule has 1 aromatic heterocycles. The zero-order valence-electron chi connectivity index (χ0n) is 15.0. The molecule has 2 aromatic carbocycles. The number of para-hydroxylation sites is 1. The Balaban J connectivity index is 1.89. The largest absolute Gasteiger partial charge is 0.493 e. The monoisotopic (exact) mass is 386 g/mol. The van der Waals surface area contributed by atoms with Crippen LogP contribution in [-0.2, 0) is 13.0 Å². The van der Waals surface area contributed by atoms with E-state index in [2.05, 4.69) is 15.3 Å². The van der Waals surface area contributed by atoms with E-state index in [0.717, 1.165) is 17.0 Å². The molecule has 0 fully saturated rings. The number of aromatic amines is 1. The molecule has 0 bridgehead atoms. The zero-order valence-corrected chi connectivity index (χ0v) is 15.8. The van der Waals surface area contributed by atoms with Gasteiger partial charge < -0.3 is 9.47 Å². The summed E-state index contributed by atoms with van der Waals surface area (Å²) < 4.78 is 26.4. The Bertz CT molecular complexity index is 996. The number of benzene rings is 2. The first kappa shape index (κ1) is 18.8. The van der Waals surface area contributed by atoms with Gasteiger partial charge in [-0.05, 0) is 42.0 Å². The Morgan fingerprint density at radius 1 is 1.26 bits per heavy atom. The molecule has 140 valence electrons. The smallest absolute Gasteiger partial charge is 0.216 e. The molecule has 0 saturated heterocycles. The van der Waals surface area contributed by atoms with Crippen molar-refractivity contribution >= 4 is 18.4 Å². The summed E-state index contributed by atoms with van der Waals surface area (Å²) in [6, 6.07) is 11.7. The highest BCUT2D eigenvalue weighted by Crippen LogP contribution is 2.31. The zero-order chi connectivity index (χ0) is 19.2. The van der Waals surface area contributed by atoms with Crippen LogP contribution in [0.4, 0.5) is 4.39 Å². The van der Waals surface area contributed by atoms with E-state index in [0.29, 0.717) is 22.7 Å². The van der Waals surface area contributed by atoms with Crippen LogP contribution in [0.5, 0.6) is 11.5 Å². The van der Waals surface area contributed by atoms with E-state index in [1.807, 2.05) is 19.1 Å². The van der Waals surface area contributed by atoms with Gasteiger partial charge in [0.2, 0.25) is 4.77 Å². The van der Waals surface area contributed by atoms with Gasteiger partial charge in [0.05, 0.1) is 13.3 Å². The van der Waals surface area contributed by atoms with E-state index in [-0.39, 0.29) is 12.4 Å². The average molecular weight is 386 g/mol. The lowest BCUT2D eigenvalue weighted by molar-refractivity contribution is 0.284. The molecule has 0 atom stereocenters. The number of hydrogen-bond donors (Lipinski definition) is 1. The quantitative estimate of drug-likeness (QED) is 0.490. The van der Waals surface area contributed by atoms with Crippen molar-refractivity contribution in [2.75, 3.05) is 7.11 Å². The Hall–Kier alpha value is -3.00. The molecule has 0 aliphatic heterocycles. The molecule has 0 aliphatic rings. The SMILES string of the molecule is CCc1n[nH]c(=S)n1/N=C\c1cccc(OC)c1OCc1ccc(F)cc1. The van der Waals surface area contributed by atoms with Crippen LogP contribution in [0.15, 0.2) is 47.6 Å². The van der Waals surface area contributed by atoms with Gasteiger partial charge in [0.15, 0.2) is 17.3 Å². The number of nitrogens with zero attached hydrogens (tertiary/aromatic N) is 3. The van der Waals surface area contributed by atoms with Gasteiger partial charge in [-0.3, -0.25) is 5.10 Å². The van der Waals surface area contributed by atoms with E-state index in [4.69, 9.17) is 21.7 Å². The summed E-state index contributed by atoms with van der Waals surface area (Å²) in [5.41, 5.74) is 1.57. The number of H-pyrrole nitrogens is 1. The molecule has 0 unspecified atom stereocenters. The van der Waals surface area contributed by atoms with Gasteiger partial charge in [-0.25, -0.2) is 4.39 Å². The van der Waals surface area contributed by atoms with Crippen molar-refractivity contribution in [2.45, 2.75) is 20.0 Å². The predicted molar refractivity (Wildman–Crippen MR) is 104 cm³/mol. The molecule has 3 rings (SSSR count). The minimum Gasteiger partial charge on any atom is -0.493 e. The van der Waals surface area contributed by atoms with Crippen LogP contribution in [-0.4, -0.2) is 28.2 Å². The number of rotatable bonds is 7. The molecule has 0 spiro atoms. The van der Waals surface area contributed by atoms with Crippen molar-refractivity contribution in [3.8, 4) is 11.5 Å². The van der Waals surface area contributed by atoms with Crippen LogP contribution < -0.4 is 9.47 Å². The number of hydrogen-bond acceptors (Lipinski definition) is 5. The lowest BCUT2D eigenvalue weighted by atomic mass is 10.2. The Labute approximate surface area is 161 Å². The van der Waals surface area contributed by atoms with Crippen molar-refractivity contribution in [1.82, 2.24) is 14.9 Å². The number of nitrogens with one attached hydrogen (secondary N) is 1. The second-order valence-electron chi connectivity index (χ2n) is 5.65. The molecular formula is C19H19FN4O2S. The molecule has 6 nitrogen and oxygen atoms in total. The number of ether oxygens (including phenoxy) is 2. The van der Waals surface area contributed by atoms with Gasteiger partial charge in [-0.15, -0.1) is 0 Å². The maximum absolute atomic E-state index is 13.1. The fraction of sp³-hybridized carbons (Fsp3) is 0.211. The van der Waals surface area contributed by atoms with E-state index in [1.165, 1.54) is 12.1 Å². The molecule has 8 heteroatoms. The first-order valence-corrected chi connectivity index (χ1v) is 8.78. The summed E-state index contributed by atoms with van der Waals surface area (Å²) in [7, 11) is 1.57. The van der Waals surface area contributed by atoms with E-state index < -0.39 is 0 Å². The summed E-state index contributed by atoms with van der Waals surface area (Å²) >= 11 is 5.21. The van der Waals surface area contributed by atoms with E-state index >= 15 is 0 Å². The first-order valence-electron chi connectivity index (χ1n) is 8.37. The van der Waals surface area contributed by atoms with E-state index in [1.54, 1.807) is 36.2 Å². The normalized spacial score (nSPS) is 11.1. The summed E-state index contributed by atoms with van der Waals surface area (Å²) in [6.45, 7) is 2.24. The molecule has 0 saturated carbocycles. The number of aryl methyl sites for hydroxylation is 1. The lowest BCUT2D eigenvalue weighted by Crippen LogP contribution is -2.02. The van der Waals surface area contributed by atoms with Crippen LogP contribution in [0, 0.1) is 10.6 Å². The lowest BCUT2D eigenvalue weighted by Gasteiger charge is -2.13. The maximum atomic E-state index is 13.1. The Kier molecular flexibility index (Phi) is 5.97. The summed E-state index contributed by atoms with van der Waals surface area (Å²) in [6.07, 6.45) is 2.34. The first-order chi connectivity index (χ1) is 13.1. The Morgan fingerprint density at radius 3 is 2.74 bits per heavy atom. The van der Waals surface area contributed by atoms with Crippen molar-refractivity contribution in [1.29, 1.82) is 0 Å². The maximum Gasteiger partial charge on any atom is 0.216 e. The molecule has 27 heavy (non-hydrogen) atoms. The molecule has 0 aliphatic carbocycles. The van der Waals surface area contributed by atoms with Crippen LogP contribution in [0.2, 0.25) is 0 Å². The molecule has 0 radical (unpaired) electrons. The molecule has 3 aromatic rings. The molecular weight excluding hydrogens is 367 g/mol. The van der Waals surface area contributed by atoms with Gasteiger partial charge in [-0.2, -0.15) is 14.9 Å². The van der Waals surface area contributed by atoms with Crippen molar-refractivity contribution < 1.29 is 13.9 Å². The summed E-state index contributed by atoms with van der Waals surface area (Å²) in [4.78, 5) is 0. The third-order valence-corrected chi connectivity index (χ3v) is 4.14. The summed E-state index contributed by atoms with van der Waals surface area (Å²) in [5.74, 6) is 1.56. The van der Waals surface area contributed by atoms with Crippen molar-refractivity contribution in [3.63, 3.8) is 0 Å².